The molecule has 0 saturated carbocycles. The predicted octanol–water partition coefficient (Wildman–Crippen LogP) is 5.49. The summed E-state index contributed by atoms with van der Waals surface area (Å²) in [6.45, 7) is 8.65. The Morgan fingerprint density at radius 2 is 1.71 bits per heavy atom. The van der Waals surface area contributed by atoms with Gasteiger partial charge in [0.1, 0.15) is 5.82 Å². The Morgan fingerprint density at radius 3 is 2.35 bits per heavy atom. The summed E-state index contributed by atoms with van der Waals surface area (Å²) in [5.41, 5.74) is 1.67. The second-order valence-electron chi connectivity index (χ2n) is 8.60. The van der Waals surface area contributed by atoms with E-state index in [0.717, 1.165) is 30.3 Å². The predicted molar refractivity (Wildman–Crippen MR) is 135 cm³/mol. The highest BCUT2D eigenvalue weighted by atomic mass is 32.2. The minimum absolute atomic E-state index is 0.0120. The average molecular weight is 482 g/mol. The number of amides is 1. The third-order valence-electron chi connectivity index (χ3n) is 6.34. The number of anilines is 1. The van der Waals surface area contributed by atoms with Crippen molar-refractivity contribution >= 4 is 23.4 Å². The fourth-order valence-corrected chi connectivity index (χ4v) is 5.37. The van der Waals surface area contributed by atoms with Crippen LogP contribution in [-0.2, 0) is 4.79 Å². The second kappa shape index (κ2) is 11.1. The molecule has 2 unspecified atom stereocenters. The van der Waals surface area contributed by atoms with Crippen LogP contribution < -0.4 is 4.90 Å². The molecule has 2 atom stereocenters. The van der Waals surface area contributed by atoms with Crippen LogP contribution in [0.2, 0.25) is 0 Å². The van der Waals surface area contributed by atoms with Crippen LogP contribution in [0, 0.1) is 5.82 Å². The van der Waals surface area contributed by atoms with Gasteiger partial charge in [-0.25, -0.2) is 4.39 Å². The van der Waals surface area contributed by atoms with Crippen LogP contribution in [-0.4, -0.2) is 50.5 Å². The zero-order valence-corrected chi connectivity index (χ0v) is 20.8. The van der Waals surface area contributed by atoms with E-state index in [1.807, 2.05) is 48.7 Å². The van der Waals surface area contributed by atoms with Crippen LogP contribution in [0.1, 0.15) is 51.9 Å². The third kappa shape index (κ3) is 5.33. The maximum atomic E-state index is 13.7. The lowest BCUT2D eigenvalue weighted by molar-refractivity contribution is -0.117. The first-order valence-electron chi connectivity index (χ1n) is 12.0. The first-order chi connectivity index (χ1) is 16.5. The number of hydrogen-bond donors (Lipinski definition) is 0. The van der Waals surface area contributed by atoms with E-state index in [0.29, 0.717) is 11.7 Å². The highest BCUT2D eigenvalue weighted by Crippen LogP contribution is 2.32. The molecule has 0 bridgehead atoms. The fourth-order valence-electron chi connectivity index (χ4n) is 4.43. The molecule has 0 spiro atoms. The number of carbonyl (C=O) groups excluding carboxylic acids is 1. The van der Waals surface area contributed by atoms with E-state index in [9.17, 15) is 9.18 Å². The summed E-state index contributed by atoms with van der Waals surface area (Å²) in [4.78, 5) is 17.6. The fraction of sp³-hybridized carbons (Fsp3) is 0.423. The molecule has 1 amide bonds. The summed E-state index contributed by atoms with van der Waals surface area (Å²) >= 11 is 1.39. The van der Waals surface area contributed by atoms with E-state index in [1.54, 1.807) is 17.0 Å². The highest BCUT2D eigenvalue weighted by molar-refractivity contribution is 8.00. The zero-order chi connectivity index (χ0) is 24.1. The number of likely N-dealkylation sites (tertiary alicyclic amines) is 1. The molecule has 0 aliphatic carbocycles. The second-order valence-corrected chi connectivity index (χ2v) is 9.91. The lowest BCUT2D eigenvalue weighted by Gasteiger charge is -2.32. The van der Waals surface area contributed by atoms with Gasteiger partial charge < -0.3 is 4.90 Å². The summed E-state index contributed by atoms with van der Waals surface area (Å²) in [5, 5.41) is 9.31. The van der Waals surface area contributed by atoms with Crippen LogP contribution >= 0.6 is 11.8 Å². The summed E-state index contributed by atoms with van der Waals surface area (Å²) in [7, 11) is 0. The average Bonchev–Trinajstić information content (AvgIpc) is 3.29. The van der Waals surface area contributed by atoms with Crippen molar-refractivity contribution in [3.8, 4) is 5.69 Å². The first-order valence-corrected chi connectivity index (χ1v) is 12.9. The minimum Gasteiger partial charge on any atom is -0.312 e. The van der Waals surface area contributed by atoms with Crippen molar-refractivity contribution in [2.24, 2.45) is 0 Å². The van der Waals surface area contributed by atoms with Crippen molar-refractivity contribution in [1.29, 1.82) is 0 Å². The molecule has 1 aromatic heterocycles. The van der Waals surface area contributed by atoms with Gasteiger partial charge in [0.2, 0.25) is 5.91 Å². The summed E-state index contributed by atoms with van der Waals surface area (Å²) in [5.74, 6) is 0.533. The summed E-state index contributed by atoms with van der Waals surface area (Å²) < 4.78 is 15.7. The van der Waals surface area contributed by atoms with Crippen LogP contribution in [0.15, 0.2) is 59.8 Å². The molecule has 2 heterocycles. The van der Waals surface area contributed by atoms with Gasteiger partial charge in [-0.1, -0.05) is 36.4 Å². The van der Waals surface area contributed by atoms with E-state index in [4.69, 9.17) is 0 Å². The van der Waals surface area contributed by atoms with Gasteiger partial charge in [-0.15, -0.1) is 10.2 Å². The number of halogens is 1. The smallest absolute Gasteiger partial charge is 0.240 e. The van der Waals surface area contributed by atoms with Gasteiger partial charge in [-0.3, -0.25) is 14.3 Å². The minimum atomic E-state index is -0.373. The highest BCUT2D eigenvalue weighted by Gasteiger charge is 2.28. The van der Waals surface area contributed by atoms with Gasteiger partial charge >= 0.3 is 0 Å². The quantitative estimate of drug-likeness (QED) is 0.399. The SMILES string of the molecule is CCN(C(=O)C(C)Sc1nnc(C(C)N2CCCCC2)n1-c1ccc(F)cc1)c1ccccc1. The van der Waals surface area contributed by atoms with Gasteiger partial charge in [0, 0.05) is 17.9 Å². The Hall–Kier alpha value is -2.71. The van der Waals surface area contributed by atoms with Crippen molar-refractivity contribution < 1.29 is 9.18 Å². The van der Waals surface area contributed by atoms with Crippen LogP contribution in [0.4, 0.5) is 10.1 Å². The number of carbonyl (C=O) groups is 1. The van der Waals surface area contributed by atoms with Crippen molar-refractivity contribution in [2.75, 3.05) is 24.5 Å². The number of para-hydroxylation sites is 1. The van der Waals surface area contributed by atoms with Crippen molar-refractivity contribution in [3.63, 3.8) is 0 Å². The Bertz CT molecular complexity index is 1080. The van der Waals surface area contributed by atoms with E-state index < -0.39 is 0 Å². The molecule has 4 rings (SSSR count). The molecule has 1 aliphatic rings. The molecule has 3 aromatic rings. The van der Waals surface area contributed by atoms with Gasteiger partial charge in [0.25, 0.3) is 0 Å². The number of nitrogens with zero attached hydrogens (tertiary/aromatic N) is 5. The normalized spacial score (nSPS) is 16.2. The van der Waals surface area contributed by atoms with Crippen LogP contribution in [0.5, 0.6) is 0 Å². The van der Waals surface area contributed by atoms with Gasteiger partial charge in [0.15, 0.2) is 11.0 Å². The first kappa shape index (κ1) is 24.4. The Labute approximate surface area is 205 Å². The van der Waals surface area contributed by atoms with Crippen LogP contribution in [0.25, 0.3) is 5.69 Å². The largest absolute Gasteiger partial charge is 0.312 e. The number of benzene rings is 2. The Morgan fingerprint density at radius 1 is 1.03 bits per heavy atom. The van der Waals surface area contributed by atoms with Crippen molar-refractivity contribution in [3.05, 3.63) is 66.2 Å². The van der Waals surface area contributed by atoms with Gasteiger partial charge in [-0.2, -0.15) is 0 Å². The molecular weight excluding hydrogens is 449 g/mol. The molecule has 1 fully saturated rings. The molecule has 0 N–H and O–H groups in total. The lowest BCUT2D eigenvalue weighted by atomic mass is 10.1. The van der Waals surface area contributed by atoms with E-state index in [-0.39, 0.29) is 23.0 Å². The monoisotopic (exact) mass is 481 g/mol. The maximum absolute atomic E-state index is 13.7. The molecule has 1 saturated heterocycles. The number of rotatable bonds is 8. The van der Waals surface area contributed by atoms with Gasteiger partial charge in [0.05, 0.1) is 11.3 Å². The summed E-state index contributed by atoms with van der Waals surface area (Å²) in [6.07, 6.45) is 3.60. The van der Waals surface area contributed by atoms with E-state index >= 15 is 0 Å². The molecule has 8 heteroatoms. The standard InChI is InChI=1S/C26H32FN5OS/c1-4-31(22-11-7-5-8-12-22)25(33)20(3)34-26-29-28-24(19(2)30-17-9-6-10-18-30)32(26)23-15-13-21(27)14-16-23/h5,7-8,11-16,19-20H,4,6,9-10,17-18H2,1-3H3. The van der Waals surface area contributed by atoms with Crippen molar-refractivity contribution in [2.45, 2.75) is 56.5 Å². The van der Waals surface area contributed by atoms with E-state index in [1.165, 1.54) is 43.2 Å². The van der Waals surface area contributed by atoms with E-state index in [2.05, 4.69) is 22.0 Å². The van der Waals surface area contributed by atoms with Crippen LogP contribution in [0.3, 0.4) is 0 Å². The molecule has 34 heavy (non-hydrogen) atoms. The number of piperidine rings is 1. The topological polar surface area (TPSA) is 54.3 Å². The number of thioether (sulfide) groups is 1. The molecule has 180 valence electrons. The zero-order valence-electron chi connectivity index (χ0n) is 20.0. The number of aromatic nitrogens is 3. The molecule has 2 aromatic carbocycles. The van der Waals surface area contributed by atoms with Gasteiger partial charge in [-0.05, 0) is 83.1 Å². The Balaban J connectivity index is 1.63. The molecule has 0 radical (unpaired) electrons. The molecule has 1 aliphatic heterocycles. The Kier molecular flexibility index (Phi) is 8.00. The lowest BCUT2D eigenvalue weighted by Crippen LogP contribution is -2.36. The molecular formula is C26H32FN5OS. The maximum Gasteiger partial charge on any atom is 0.240 e. The number of hydrogen-bond acceptors (Lipinski definition) is 5. The molecule has 6 nitrogen and oxygen atoms in total. The van der Waals surface area contributed by atoms with Crippen molar-refractivity contribution in [1.82, 2.24) is 19.7 Å². The third-order valence-corrected chi connectivity index (χ3v) is 7.37. The summed E-state index contributed by atoms with van der Waals surface area (Å²) in [6, 6.07) is 16.1.